The second-order valence-electron chi connectivity index (χ2n) is 5.53. The van der Waals surface area contributed by atoms with E-state index in [0.717, 1.165) is 31.7 Å². The van der Waals surface area contributed by atoms with Gasteiger partial charge < -0.3 is 24.9 Å². The summed E-state index contributed by atoms with van der Waals surface area (Å²) in [6, 6.07) is 5.80. The molecule has 0 aliphatic carbocycles. The van der Waals surface area contributed by atoms with E-state index in [0.29, 0.717) is 35.2 Å². The Labute approximate surface area is 133 Å². The van der Waals surface area contributed by atoms with Crippen molar-refractivity contribution in [1.29, 1.82) is 0 Å². The highest BCUT2D eigenvalue weighted by Crippen LogP contribution is 2.24. The minimum Gasteiger partial charge on any atom is -0.489 e. The van der Waals surface area contributed by atoms with Crippen LogP contribution in [0.15, 0.2) is 34.5 Å². The van der Waals surface area contributed by atoms with Crippen LogP contribution in [0.25, 0.3) is 11.1 Å². The number of halogens is 1. The van der Waals surface area contributed by atoms with Gasteiger partial charge in [0.25, 0.3) is 6.01 Å². The van der Waals surface area contributed by atoms with Crippen molar-refractivity contribution in [3.63, 3.8) is 0 Å². The van der Waals surface area contributed by atoms with E-state index in [4.69, 9.17) is 19.6 Å². The first kappa shape index (κ1) is 15.8. The molecule has 23 heavy (non-hydrogen) atoms. The van der Waals surface area contributed by atoms with Crippen molar-refractivity contribution in [2.75, 3.05) is 38.2 Å². The van der Waals surface area contributed by atoms with Crippen molar-refractivity contribution < 1.29 is 18.3 Å². The topological polar surface area (TPSA) is 82.5 Å². The molecular formula is C16H20FN3O3. The molecule has 1 saturated heterocycles. The van der Waals surface area contributed by atoms with Gasteiger partial charge in [-0.25, -0.2) is 4.39 Å². The molecule has 124 valence electrons. The lowest BCUT2D eigenvalue weighted by Crippen LogP contribution is -2.29. The predicted octanol–water partition coefficient (Wildman–Crippen LogP) is 2.47. The van der Waals surface area contributed by atoms with Gasteiger partial charge in [-0.3, -0.25) is 0 Å². The van der Waals surface area contributed by atoms with E-state index in [2.05, 4.69) is 10.3 Å². The van der Waals surface area contributed by atoms with Gasteiger partial charge in [-0.05, 0) is 18.6 Å². The Morgan fingerprint density at radius 1 is 1.48 bits per heavy atom. The van der Waals surface area contributed by atoms with Crippen LogP contribution >= 0.6 is 0 Å². The van der Waals surface area contributed by atoms with Crippen molar-refractivity contribution in [3.8, 4) is 5.75 Å². The van der Waals surface area contributed by atoms with E-state index < -0.39 is 0 Å². The smallest absolute Gasteiger partial charge is 0.295 e. The van der Waals surface area contributed by atoms with Crippen LogP contribution < -0.4 is 15.8 Å². The third kappa shape index (κ3) is 4.00. The maximum Gasteiger partial charge on any atom is 0.295 e. The van der Waals surface area contributed by atoms with Crippen molar-refractivity contribution in [2.45, 2.75) is 6.42 Å². The summed E-state index contributed by atoms with van der Waals surface area (Å²) in [6.45, 7) is 2.72. The standard InChI is InChI=1S/C16H20FN3O3/c17-6-12(7-18)10-22-13-1-2-14-15(5-13)23-16(20-14)19-4-3-11-8-21-9-11/h1-2,5-6,11H,3-4,7-10,18H2,(H,19,20). The zero-order valence-corrected chi connectivity index (χ0v) is 12.8. The molecule has 1 aliphatic rings. The molecule has 3 rings (SSSR count). The SMILES string of the molecule is NCC(=CF)COc1ccc2nc(NCCC3COC3)oc2c1. The number of ether oxygens (including phenoxy) is 2. The third-order valence-electron chi connectivity index (χ3n) is 3.74. The van der Waals surface area contributed by atoms with Gasteiger partial charge in [-0.2, -0.15) is 4.98 Å². The average molecular weight is 321 g/mol. The number of nitrogens with zero attached hydrogens (tertiary/aromatic N) is 1. The molecular weight excluding hydrogens is 301 g/mol. The molecule has 7 heteroatoms. The molecule has 0 radical (unpaired) electrons. The van der Waals surface area contributed by atoms with Crippen molar-refractivity contribution in [3.05, 3.63) is 30.1 Å². The highest BCUT2D eigenvalue weighted by Gasteiger charge is 2.17. The van der Waals surface area contributed by atoms with Crippen LogP contribution in [0.3, 0.4) is 0 Å². The minimum atomic E-state index is 0.112. The number of hydrogen-bond donors (Lipinski definition) is 2. The lowest BCUT2D eigenvalue weighted by atomic mass is 10.0. The molecule has 0 amide bonds. The van der Waals surface area contributed by atoms with Gasteiger partial charge in [0.05, 0.1) is 19.5 Å². The summed E-state index contributed by atoms with van der Waals surface area (Å²) in [4.78, 5) is 4.37. The Bertz CT molecular complexity index is 682. The van der Waals surface area contributed by atoms with E-state index in [1.54, 1.807) is 18.2 Å². The molecule has 1 aromatic carbocycles. The molecule has 3 N–H and O–H groups in total. The van der Waals surface area contributed by atoms with Crippen LogP contribution in [0, 0.1) is 5.92 Å². The first-order valence-electron chi connectivity index (χ1n) is 7.61. The number of rotatable bonds is 8. The molecule has 1 aromatic heterocycles. The van der Waals surface area contributed by atoms with Crippen molar-refractivity contribution in [2.24, 2.45) is 11.7 Å². The summed E-state index contributed by atoms with van der Waals surface area (Å²) in [5, 5.41) is 3.17. The van der Waals surface area contributed by atoms with Gasteiger partial charge in [0.15, 0.2) is 5.58 Å². The van der Waals surface area contributed by atoms with Crippen LogP contribution in [0.2, 0.25) is 0 Å². The summed E-state index contributed by atoms with van der Waals surface area (Å²) in [7, 11) is 0. The molecule has 0 spiro atoms. The number of aromatic nitrogens is 1. The Morgan fingerprint density at radius 2 is 2.35 bits per heavy atom. The van der Waals surface area contributed by atoms with E-state index >= 15 is 0 Å². The lowest BCUT2D eigenvalue weighted by Gasteiger charge is -2.25. The molecule has 1 fully saturated rings. The molecule has 0 unspecified atom stereocenters. The van der Waals surface area contributed by atoms with Gasteiger partial charge in [0.2, 0.25) is 0 Å². The van der Waals surface area contributed by atoms with Crippen LogP contribution in [0.4, 0.5) is 10.4 Å². The number of hydrogen-bond acceptors (Lipinski definition) is 6. The van der Waals surface area contributed by atoms with E-state index in [1.165, 1.54) is 0 Å². The maximum atomic E-state index is 12.5. The Balaban J connectivity index is 1.58. The van der Waals surface area contributed by atoms with Gasteiger partial charge in [-0.15, -0.1) is 0 Å². The van der Waals surface area contributed by atoms with E-state index in [9.17, 15) is 4.39 Å². The average Bonchev–Trinajstić information content (AvgIpc) is 2.92. The molecule has 6 nitrogen and oxygen atoms in total. The Hall–Kier alpha value is -2.12. The second kappa shape index (κ2) is 7.43. The number of nitrogens with one attached hydrogen (secondary N) is 1. The molecule has 2 aromatic rings. The van der Waals surface area contributed by atoms with Crippen LogP contribution in [-0.4, -0.2) is 37.9 Å². The zero-order valence-electron chi connectivity index (χ0n) is 12.8. The number of nitrogens with two attached hydrogens (primary N) is 1. The summed E-state index contributed by atoms with van der Waals surface area (Å²) in [6.07, 6.45) is 1.51. The molecule has 1 aliphatic heterocycles. The predicted molar refractivity (Wildman–Crippen MR) is 85.2 cm³/mol. The second-order valence-corrected chi connectivity index (χ2v) is 5.53. The zero-order chi connectivity index (χ0) is 16.1. The van der Waals surface area contributed by atoms with E-state index in [1.807, 2.05) is 0 Å². The van der Waals surface area contributed by atoms with Gasteiger partial charge in [0.1, 0.15) is 17.9 Å². The van der Waals surface area contributed by atoms with Crippen LogP contribution in [0.5, 0.6) is 5.75 Å². The van der Waals surface area contributed by atoms with Gasteiger partial charge >= 0.3 is 0 Å². The fraction of sp³-hybridized carbons (Fsp3) is 0.438. The number of oxazole rings is 1. The highest BCUT2D eigenvalue weighted by molar-refractivity contribution is 5.76. The molecule has 0 saturated carbocycles. The first-order chi connectivity index (χ1) is 11.3. The monoisotopic (exact) mass is 321 g/mol. The summed E-state index contributed by atoms with van der Waals surface area (Å²) in [5.41, 5.74) is 7.15. The highest BCUT2D eigenvalue weighted by atomic mass is 19.1. The summed E-state index contributed by atoms with van der Waals surface area (Å²) >= 11 is 0. The fourth-order valence-corrected chi connectivity index (χ4v) is 2.22. The van der Waals surface area contributed by atoms with Gasteiger partial charge in [0, 0.05) is 30.6 Å². The maximum absolute atomic E-state index is 12.5. The Kier molecular flexibility index (Phi) is 5.09. The van der Waals surface area contributed by atoms with E-state index in [-0.39, 0.29) is 13.2 Å². The molecule has 0 atom stereocenters. The first-order valence-corrected chi connectivity index (χ1v) is 7.61. The number of benzene rings is 1. The molecule has 2 heterocycles. The number of fused-ring (bicyclic) bond motifs is 1. The van der Waals surface area contributed by atoms with Crippen molar-refractivity contribution >= 4 is 17.1 Å². The summed E-state index contributed by atoms with van der Waals surface area (Å²) < 4.78 is 28.7. The van der Waals surface area contributed by atoms with Crippen molar-refractivity contribution in [1.82, 2.24) is 4.98 Å². The largest absolute Gasteiger partial charge is 0.489 e. The normalized spacial score (nSPS) is 15.7. The van der Waals surface area contributed by atoms with Gasteiger partial charge in [-0.1, -0.05) is 0 Å². The quantitative estimate of drug-likeness (QED) is 0.777. The van der Waals surface area contributed by atoms with Crippen LogP contribution in [-0.2, 0) is 4.74 Å². The van der Waals surface area contributed by atoms with Crippen LogP contribution in [0.1, 0.15) is 6.42 Å². The third-order valence-corrected chi connectivity index (χ3v) is 3.74. The molecule has 0 bridgehead atoms. The Morgan fingerprint density at radius 3 is 3.04 bits per heavy atom. The number of anilines is 1. The summed E-state index contributed by atoms with van der Waals surface area (Å²) in [5.74, 6) is 1.21. The lowest BCUT2D eigenvalue weighted by molar-refractivity contribution is -0.0338. The minimum absolute atomic E-state index is 0.112. The fourth-order valence-electron chi connectivity index (χ4n) is 2.22.